The summed E-state index contributed by atoms with van der Waals surface area (Å²) in [6.07, 6.45) is 21.9. The summed E-state index contributed by atoms with van der Waals surface area (Å²) in [5, 5.41) is 0. The molecule has 2 atom stereocenters. The Labute approximate surface area is 177 Å². The van der Waals surface area contributed by atoms with Gasteiger partial charge in [-0.1, -0.05) is 70.4 Å². The van der Waals surface area contributed by atoms with Crippen LogP contribution in [-0.2, 0) is 25.8 Å². The van der Waals surface area contributed by atoms with Crippen molar-refractivity contribution < 1.29 is 23.8 Å². The molecule has 1 saturated heterocycles. The third-order valence-corrected chi connectivity index (χ3v) is 5.74. The van der Waals surface area contributed by atoms with Crippen molar-refractivity contribution >= 4 is 18.5 Å². The number of hydrogen-bond donors (Lipinski definition) is 2. The van der Waals surface area contributed by atoms with Crippen LogP contribution in [-0.4, -0.2) is 35.4 Å². The molecule has 5 nitrogen and oxygen atoms in total. The summed E-state index contributed by atoms with van der Waals surface area (Å²) in [6.45, 7) is -0.837. The Kier molecular flexibility index (Phi) is 15.9. The van der Waals surface area contributed by atoms with Crippen molar-refractivity contribution in [3.05, 3.63) is 12.2 Å². The van der Waals surface area contributed by atoms with Crippen LogP contribution in [0.25, 0.3) is 0 Å². The minimum Gasteiger partial charge on any atom is -0.350 e. The fourth-order valence-corrected chi connectivity index (χ4v) is 3.85. The number of ether oxygens (including phenoxy) is 2. The lowest BCUT2D eigenvalue weighted by atomic mass is 10.1. The Morgan fingerprint density at radius 3 is 2.11 bits per heavy atom. The van der Waals surface area contributed by atoms with Crippen LogP contribution in [0, 0.1) is 0 Å². The van der Waals surface area contributed by atoms with Crippen molar-refractivity contribution in [2.45, 2.75) is 109 Å². The van der Waals surface area contributed by atoms with Crippen molar-refractivity contribution in [2.75, 3.05) is 13.2 Å². The molecule has 0 amide bonds. The van der Waals surface area contributed by atoms with Crippen molar-refractivity contribution in [3.8, 4) is 0 Å². The Balaban J connectivity index is 1.83. The molecule has 0 bridgehead atoms. The predicted octanol–water partition coefficient (Wildman–Crippen LogP) is 5.99. The van der Waals surface area contributed by atoms with E-state index >= 15 is 0 Å². The van der Waals surface area contributed by atoms with Crippen molar-refractivity contribution in [1.29, 1.82) is 0 Å². The standard InChI is InChI=1S/C21H41O5PS/c1-2-3-4-5-6-7-8-9-10-11-12-13-14-15-16-17-21-24-18-20(26-21)19-25-27(22,23)28/h9-10,20-21H,2-8,11-19H2,1H3,(H2,22,23,28)/b10-9-/t20?,21-/m0/s1. The molecule has 1 rings (SSSR count). The van der Waals surface area contributed by atoms with Crippen LogP contribution in [0.1, 0.15) is 96.8 Å². The molecule has 2 N–H and O–H groups in total. The lowest BCUT2D eigenvalue weighted by Crippen LogP contribution is -2.18. The van der Waals surface area contributed by atoms with Gasteiger partial charge in [0, 0.05) is 0 Å². The fourth-order valence-electron chi connectivity index (χ4n) is 3.31. The number of hydrogen-bond acceptors (Lipinski definition) is 4. The number of unbranched alkanes of at least 4 members (excludes halogenated alkanes) is 11. The molecule has 166 valence electrons. The van der Waals surface area contributed by atoms with Gasteiger partial charge in [0.25, 0.3) is 0 Å². The van der Waals surface area contributed by atoms with E-state index in [-0.39, 0.29) is 19.0 Å². The van der Waals surface area contributed by atoms with E-state index in [2.05, 4.69) is 30.9 Å². The zero-order valence-corrected chi connectivity index (χ0v) is 19.3. The zero-order chi connectivity index (χ0) is 20.5. The van der Waals surface area contributed by atoms with Gasteiger partial charge in [-0.15, -0.1) is 0 Å². The van der Waals surface area contributed by atoms with Gasteiger partial charge in [-0.05, 0) is 50.3 Å². The Morgan fingerprint density at radius 2 is 1.50 bits per heavy atom. The topological polar surface area (TPSA) is 68.2 Å². The predicted molar refractivity (Wildman–Crippen MR) is 119 cm³/mol. The van der Waals surface area contributed by atoms with E-state index in [9.17, 15) is 0 Å². The summed E-state index contributed by atoms with van der Waals surface area (Å²) in [4.78, 5) is 18.1. The minimum absolute atomic E-state index is 0.0765. The average molecular weight is 437 g/mol. The molecule has 28 heavy (non-hydrogen) atoms. The molecule has 0 aromatic carbocycles. The largest absolute Gasteiger partial charge is 0.350 e. The lowest BCUT2D eigenvalue weighted by Gasteiger charge is -2.13. The maximum Gasteiger partial charge on any atom is 0.321 e. The fraction of sp³-hybridized carbons (Fsp3) is 0.905. The Bertz CT molecular complexity index is 441. The molecular formula is C21H41O5PS. The van der Waals surface area contributed by atoms with E-state index < -0.39 is 6.72 Å². The lowest BCUT2D eigenvalue weighted by molar-refractivity contribution is -0.0691. The van der Waals surface area contributed by atoms with Gasteiger partial charge in [0.2, 0.25) is 0 Å². The van der Waals surface area contributed by atoms with Gasteiger partial charge < -0.3 is 23.8 Å². The molecular weight excluding hydrogens is 395 g/mol. The van der Waals surface area contributed by atoms with Crippen LogP contribution in [0.5, 0.6) is 0 Å². The number of allylic oxidation sites excluding steroid dienone is 2. The van der Waals surface area contributed by atoms with Gasteiger partial charge in [0.15, 0.2) is 6.29 Å². The second-order valence-corrected chi connectivity index (χ2v) is 10.3. The van der Waals surface area contributed by atoms with E-state index in [1.165, 1.54) is 77.0 Å². The molecule has 1 aliphatic rings. The van der Waals surface area contributed by atoms with Crippen molar-refractivity contribution in [3.63, 3.8) is 0 Å². The third kappa shape index (κ3) is 16.0. The zero-order valence-electron chi connectivity index (χ0n) is 17.6. The van der Waals surface area contributed by atoms with Gasteiger partial charge in [-0.25, -0.2) is 0 Å². The highest BCUT2D eigenvalue weighted by molar-refractivity contribution is 8.06. The normalized spacial score (nSPS) is 20.4. The first kappa shape index (κ1) is 26.2. The van der Waals surface area contributed by atoms with Crippen LogP contribution in [0.15, 0.2) is 12.2 Å². The van der Waals surface area contributed by atoms with E-state index in [4.69, 9.17) is 23.8 Å². The highest BCUT2D eigenvalue weighted by atomic mass is 32.5. The van der Waals surface area contributed by atoms with Crippen LogP contribution in [0.2, 0.25) is 0 Å². The third-order valence-electron chi connectivity index (χ3n) is 4.94. The van der Waals surface area contributed by atoms with Crippen LogP contribution >= 0.6 is 6.72 Å². The smallest absolute Gasteiger partial charge is 0.321 e. The van der Waals surface area contributed by atoms with Crippen LogP contribution in [0.4, 0.5) is 0 Å². The Morgan fingerprint density at radius 1 is 0.929 bits per heavy atom. The maximum absolute atomic E-state index is 9.05. The van der Waals surface area contributed by atoms with Crippen LogP contribution in [0.3, 0.4) is 0 Å². The van der Waals surface area contributed by atoms with Crippen LogP contribution < -0.4 is 0 Å². The molecule has 0 aromatic heterocycles. The summed E-state index contributed by atoms with van der Waals surface area (Å²) >= 11 is 4.42. The first-order chi connectivity index (χ1) is 13.5. The second-order valence-electron chi connectivity index (χ2n) is 7.68. The average Bonchev–Trinajstić information content (AvgIpc) is 3.10. The highest BCUT2D eigenvalue weighted by Crippen LogP contribution is 2.37. The molecule has 0 radical (unpaired) electrons. The highest BCUT2D eigenvalue weighted by Gasteiger charge is 2.27. The van der Waals surface area contributed by atoms with Gasteiger partial charge >= 0.3 is 6.72 Å². The first-order valence-electron chi connectivity index (χ1n) is 11.1. The quantitative estimate of drug-likeness (QED) is 0.156. The summed E-state index contributed by atoms with van der Waals surface area (Å²) < 4.78 is 16.0. The SMILES string of the molecule is CCCCCCCC/C=C\CCCCCCC[C@H]1OCC(COP(O)(O)=S)O1. The first-order valence-corrected chi connectivity index (χ1v) is 13.8. The van der Waals surface area contributed by atoms with E-state index in [0.717, 1.165) is 12.8 Å². The molecule has 1 unspecified atom stereocenters. The summed E-state index contributed by atoms with van der Waals surface area (Å²) in [5.74, 6) is 0. The molecule has 0 aromatic rings. The Hall–Kier alpha value is 0.190. The summed E-state index contributed by atoms with van der Waals surface area (Å²) in [6, 6.07) is 0. The molecule has 0 spiro atoms. The van der Waals surface area contributed by atoms with Gasteiger partial charge in [-0.3, -0.25) is 0 Å². The number of rotatable bonds is 18. The second kappa shape index (κ2) is 16.9. The summed E-state index contributed by atoms with van der Waals surface area (Å²) in [7, 11) is 0. The molecule has 0 saturated carbocycles. The monoisotopic (exact) mass is 436 g/mol. The molecule has 0 aliphatic carbocycles. The molecule has 7 heteroatoms. The van der Waals surface area contributed by atoms with E-state index in [1.54, 1.807) is 0 Å². The van der Waals surface area contributed by atoms with E-state index in [1.807, 2.05) is 0 Å². The van der Waals surface area contributed by atoms with Gasteiger partial charge in [0.05, 0.1) is 13.2 Å². The molecule has 1 heterocycles. The minimum atomic E-state index is -3.60. The maximum atomic E-state index is 9.05. The van der Waals surface area contributed by atoms with Gasteiger partial charge in [-0.2, -0.15) is 0 Å². The van der Waals surface area contributed by atoms with Crippen molar-refractivity contribution in [1.82, 2.24) is 0 Å². The van der Waals surface area contributed by atoms with Gasteiger partial charge in [0.1, 0.15) is 6.10 Å². The molecule has 1 aliphatic heterocycles. The summed E-state index contributed by atoms with van der Waals surface area (Å²) in [5.41, 5.74) is 0. The van der Waals surface area contributed by atoms with E-state index in [0.29, 0.717) is 6.61 Å². The molecule has 1 fully saturated rings. The van der Waals surface area contributed by atoms with Crippen molar-refractivity contribution in [2.24, 2.45) is 0 Å².